The second-order valence-electron chi connectivity index (χ2n) is 6.98. The van der Waals surface area contributed by atoms with Gasteiger partial charge in [0.1, 0.15) is 0 Å². The zero-order valence-corrected chi connectivity index (χ0v) is 24.8. The van der Waals surface area contributed by atoms with Crippen LogP contribution in [0.2, 0.25) is 0 Å². The molecule has 29 heavy (non-hydrogen) atoms. The maximum absolute atomic E-state index is 7.56. The minimum Gasteiger partial charge on any atom is -0.325 e. The summed E-state index contributed by atoms with van der Waals surface area (Å²) >= 11 is 7.21. The molecule has 0 aliphatic rings. The van der Waals surface area contributed by atoms with Crippen LogP contribution >= 0.6 is 13.4 Å². The zero-order valence-electron chi connectivity index (χ0n) is 18.4. The fourth-order valence-corrected chi connectivity index (χ4v) is 2.62. The number of hydrogen-bond acceptors (Lipinski definition) is 2. The third-order valence-electron chi connectivity index (χ3n) is 3.96. The summed E-state index contributed by atoms with van der Waals surface area (Å²) in [6, 6.07) is 0. The molecule has 6 nitrogen and oxygen atoms in total. The topological polar surface area (TPSA) is 121 Å². The molecule has 0 amide bonds. The predicted octanol–water partition coefficient (Wildman–Crippen LogP) is 5.64. The van der Waals surface area contributed by atoms with Crippen LogP contribution in [-0.4, -0.2) is 29.4 Å². The minimum atomic E-state index is -3.81. The van der Waals surface area contributed by atoms with Crippen LogP contribution in [0.25, 0.3) is 0 Å². The predicted molar refractivity (Wildman–Crippen MR) is 127 cm³/mol. The van der Waals surface area contributed by atoms with E-state index in [-0.39, 0.29) is 19.5 Å². The Kier molecular flexibility index (Phi) is 36.3. The molecular formula is C18H44O6P2S2Zn. The Morgan fingerprint density at radius 2 is 0.517 bits per heavy atom. The van der Waals surface area contributed by atoms with Gasteiger partial charge in [-0.05, 0) is 23.6 Å². The number of rotatable bonds is 15. The fraction of sp³-hybridized carbons (Fsp3) is 1.00. The van der Waals surface area contributed by atoms with Crippen LogP contribution < -0.4 is 0 Å². The standard InChI is InChI=1S/C18H38.2H3O3PS.Zn/c1-3-5-7-9-11-13-15-17-18-16-14-12-10-8-6-4-2;2*1-4(2,3)5;/h3-18H2,1-2H3;2*(H3,1,2,3,5);. The second kappa shape index (κ2) is 27.7. The van der Waals surface area contributed by atoms with E-state index in [0.29, 0.717) is 0 Å². The van der Waals surface area contributed by atoms with Crippen LogP contribution in [-0.2, 0) is 43.1 Å². The summed E-state index contributed by atoms with van der Waals surface area (Å²) in [7, 11) is 0. The van der Waals surface area contributed by atoms with Gasteiger partial charge in [0.25, 0.3) is 0 Å². The van der Waals surface area contributed by atoms with Gasteiger partial charge < -0.3 is 29.4 Å². The molecule has 6 N–H and O–H groups in total. The summed E-state index contributed by atoms with van der Waals surface area (Å²) in [4.78, 5) is 45.3. The molecule has 0 heterocycles. The monoisotopic (exact) mass is 546 g/mol. The Labute approximate surface area is 201 Å². The molecular weight excluding hydrogens is 504 g/mol. The number of unbranched alkanes of at least 4 members (excludes halogenated alkanes) is 15. The summed E-state index contributed by atoms with van der Waals surface area (Å²) in [6.07, 6.45) is 23.4. The first-order chi connectivity index (χ1) is 12.9. The Bertz CT molecular complexity index is 342. The summed E-state index contributed by atoms with van der Waals surface area (Å²) < 4.78 is 0. The molecule has 0 aromatic heterocycles. The quantitative estimate of drug-likeness (QED) is 0.0885. The summed E-state index contributed by atoms with van der Waals surface area (Å²) in [5, 5.41) is 0. The van der Waals surface area contributed by atoms with E-state index in [1.54, 1.807) is 0 Å². The van der Waals surface area contributed by atoms with E-state index in [0.717, 1.165) is 0 Å². The average Bonchev–Trinajstić information content (AvgIpc) is 2.52. The average molecular weight is 548 g/mol. The van der Waals surface area contributed by atoms with Gasteiger partial charge >= 0.3 is 13.4 Å². The molecule has 0 aliphatic carbocycles. The van der Waals surface area contributed by atoms with E-state index in [9.17, 15) is 0 Å². The zero-order chi connectivity index (χ0) is 22.3. The fourth-order valence-electron chi connectivity index (χ4n) is 2.62. The maximum Gasteiger partial charge on any atom is 0.319 e. The molecule has 0 unspecified atom stereocenters. The van der Waals surface area contributed by atoms with Crippen LogP contribution in [0.4, 0.5) is 0 Å². The van der Waals surface area contributed by atoms with Crippen molar-refractivity contribution in [2.24, 2.45) is 0 Å². The van der Waals surface area contributed by atoms with Gasteiger partial charge in [0.2, 0.25) is 0 Å². The van der Waals surface area contributed by atoms with Gasteiger partial charge in [-0.15, -0.1) is 0 Å². The molecule has 0 aliphatic heterocycles. The van der Waals surface area contributed by atoms with E-state index in [2.05, 4.69) is 37.5 Å². The first-order valence-corrected chi connectivity index (χ1v) is 15.8. The maximum atomic E-state index is 7.56. The van der Waals surface area contributed by atoms with Gasteiger partial charge in [0.15, 0.2) is 0 Å². The van der Waals surface area contributed by atoms with E-state index in [1.807, 2.05) is 0 Å². The summed E-state index contributed by atoms with van der Waals surface area (Å²) in [5.74, 6) is 0. The molecule has 0 aromatic rings. The SMILES string of the molecule is CCCCCCCCCCCCCCCCCC.OP(O)(O)=S.OP(O)(O)=S.[Zn]. The Balaban J connectivity index is -0.000000235. The van der Waals surface area contributed by atoms with Gasteiger partial charge in [0.05, 0.1) is 0 Å². The van der Waals surface area contributed by atoms with Crippen molar-refractivity contribution in [3.05, 3.63) is 0 Å². The van der Waals surface area contributed by atoms with Crippen LogP contribution in [0.5, 0.6) is 0 Å². The molecule has 0 atom stereocenters. The first-order valence-electron chi connectivity index (χ1n) is 10.5. The van der Waals surface area contributed by atoms with Crippen LogP contribution in [0.3, 0.4) is 0 Å². The Morgan fingerprint density at radius 3 is 0.621 bits per heavy atom. The van der Waals surface area contributed by atoms with Gasteiger partial charge in [-0.1, -0.05) is 117 Å². The Hall–Kier alpha value is 1.68. The summed E-state index contributed by atoms with van der Waals surface area (Å²) in [6.45, 7) is -3.02. The van der Waals surface area contributed by atoms with E-state index in [4.69, 9.17) is 29.4 Å². The molecule has 0 fully saturated rings. The smallest absolute Gasteiger partial charge is 0.319 e. The molecule has 0 spiro atoms. The van der Waals surface area contributed by atoms with Gasteiger partial charge in [-0.2, -0.15) is 0 Å². The van der Waals surface area contributed by atoms with Crippen molar-refractivity contribution >= 4 is 37.1 Å². The van der Waals surface area contributed by atoms with Crippen molar-refractivity contribution in [1.82, 2.24) is 0 Å². The third kappa shape index (κ3) is 81.7. The number of hydrogen-bond donors (Lipinski definition) is 6. The summed E-state index contributed by atoms with van der Waals surface area (Å²) in [5.41, 5.74) is 0. The van der Waals surface area contributed by atoms with E-state index in [1.165, 1.54) is 103 Å². The van der Waals surface area contributed by atoms with E-state index < -0.39 is 13.4 Å². The molecule has 176 valence electrons. The minimum absolute atomic E-state index is 0. The van der Waals surface area contributed by atoms with Crippen LogP contribution in [0, 0.1) is 0 Å². The van der Waals surface area contributed by atoms with Gasteiger partial charge in [0, 0.05) is 19.5 Å². The van der Waals surface area contributed by atoms with E-state index >= 15 is 0 Å². The molecule has 0 saturated carbocycles. The molecule has 0 bridgehead atoms. The molecule has 0 aromatic carbocycles. The van der Waals surface area contributed by atoms with Gasteiger partial charge in [-0.3, -0.25) is 0 Å². The van der Waals surface area contributed by atoms with Crippen molar-refractivity contribution < 1.29 is 48.8 Å². The van der Waals surface area contributed by atoms with Gasteiger partial charge in [-0.25, -0.2) is 0 Å². The third-order valence-corrected chi connectivity index (χ3v) is 3.96. The second-order valence-corrected chi connectivity index (χ2v) is 12.0. The van der Waals surface area contributed by atoms with Crippen molar-refractivity contribution in [2.75, 3.05) is 0 Å². The van der Waals surface area contributed by atoms with Crippen LogP contribution in [0.15, 0.2) is 0 Å². The molecule has 0 saturated heterocycles. The first kappa shape index (κ1) is 38.0. The van der Waals surface area contributed by atoms with Crippen molar-refractivity contribution in [3.63, 3.8) is 0 Å². The van der Waals surface area contributed by atoms with Crippen molar-refractivity contribution in [2.45, 2.75) is 117 Å². The molecule has 11 heteroatoms. The van der Waals surface area contributed by atoms with Crippen molar-refractivity contribution in [3.8, 4) is 0 Å². The normalized spacial score (nSPS) is 10.9. The Morgan fingerprint density at radius 1 is 0.414 bits per heavy atom. The largest absolute Gasteiger partial charge is 0.325 e. The van der Waals surface area contributed by atoms with Crippen LogP contribution in [0.1, 0.15) is 117 Å². The van der Waals surface area contributed by atoms with Crippen molar-refractivity contribution in [1.29, 1.82) is 0 Å². The molecule has 0 rings (SSSR count). The molecule has 0 radical (unpaired) electrons.